The quantitative estimate of drug-likeness (QED) is 0.403. The molecule has 33 heavy (non-hydrogen) atoms. The zero-order valence-corrected chi connectivity index (χ0v) is 18.7. The predicted octanol–water partition coefficient (Wildman–Crippen LogP) is 5.93. The fourth-order valence-corrected chi connectivity index (χ4v) is 3.48. The number of rotatable bonds is 9. The number of hydrogen-bond donors (Lipinski definition) is 1. The second-order valence-corrected chi connectivity index (χ2v) is 7.89. The number of urea groups is 1. The fourth-order valence-electron chi connectivity index (χ4n) is 3.48. The maximum atomic E-state index is 13.1. The van der Waals surface area contributed by atoms with E-state index in [0.717, 1.165) is 23.4 Å². The van der Waals surface area contributed by atoms with Crippen molar-refractivity contribution < 1.29 is 22.7 Å². The summed E-state index contributed by atoms with van der Waals surface area (Å²) in [4.78, 5) is 14.7. The number of anilines is 1. The molecule has 2 amide bonds. The topological polar surface area (TPSA) is 46.5 Å². The lowest BCUT2D eigenvalue weighted by Crippen LogP contribution is -2.36. The van der Waals surface area contributed by atoms with Crippen molar-refractivity contribution in [2.75, 3.05) is 25.6 Å². The molecule has 0 radical (unpaired) electrons. The molecule has 0 bridgehead atoms. The number of carbonyl (C=O) groups is 1. The average molecular weight is 460 g/mol. The van der Waals surface area contributed by atoms with Crippen LogP contribution < -0.4 is 5.32 Å². The number of nitrogens with one attached hydrogen (secondary N) is 1. The van der Waals surface area contributed by atoms with Gasteiger partial charge in [0.05, 0.1) is 12.1 Å². The molecule has 0 aliphatic carbocycles. The van der Waals surface area contributed by atoms with Crippen LogP contribution in [-0.2, 0) is 24.0 Å². The lowest BCUT2D eigenvalue weighted by atomic mass is 10.1. The van der Waals surface area contributed by atoms with Crippen LogP contribution in [-0.4, -0.2) is 35.8 Å². The number of nitrogens with zero attached hydrogens (tertiary/aromatic N) is 2. The van der Waals surface area contributed by atoms with Crippen LogP contribution in [0.1, 0.15) is 28.8 Å². The Morgan fingerprint density at radius 3 is 2.55 bits per heavy atom. The van der Waals surface area contributed by atoms with E-state index in [4.69, 9.17) is 4.74 Å². The summed E-state index contributed by atoms with van der Waals surface area (Å²) in [6, 6.07) is 16.3. The Morgan fingerprint density at radius 2 is 1.85 bits per heavy atom. The minimum Gasteiger partial charge on any atom is -0.385 e. The van der Waals surface area contributed by atoms with E-state index >= 15 is 0 Å². The first kappa shape index (κ1) is 24.4. The third kappa shape index (κ3) is 7.12. The summed E-state index contributed by atoms with van der Waals surface area (Å²) >= 11 is 0. The van der Waals surface area contributed by atoms with Crippen LogP contribution in [0.4, 0.5) is 23.7 Å². The minimum absolute atomic E-state index is 0.248. The molecular formula is C25H28F3N3O2. The molecule has 0 aliphatic rings. The van der Waals surface area contributed by atoms with Gasteiger partial charge >= 0.3 is 12.2 Å². The molecule has 1 heterocycles. The van der Waals surface area contributed by atoms with Crippen molar-refractivity contribution in [2.45, 2.75) is 32.6 Å². The number of hydrogen-bond acceptors (Lipinski definition) is 2. The highest BCUT2D eigenvalue weighted by atomic mass is 19.4. The van der Waals surface area contributed by atoms with Gasteiger partial charge in [-0.1, -0.05) is 29.8 Å². The fraction of sp³-hybridized carbons (Fsp3) is 0.320. The molecule has 2 aromatic carbocycles. The van der Waals surface area contributed by atoms with E-state index in [1.165, 1.54) is 6.07 Å². The lowest BCUT2D eigenvalue weighted by Gasteiger charge is -2.24. The molecule has 0 atom stereocenters. The standard InChI is InChI=1S/C25H28F3N3O2/c1-19-9-11-22(12-10-19)29-24(32)31(14-5-15-33-2)18-23-8-4-13-30(23)17-20-6-3-7-21(16-20)25(26,27)28/h3-4,6-13,16H,5,14-15,17-18H2,1-2H3,(H,29,32). The number of aromatic nitrogens is 1. The van der Waals surface area contributed by atoms with Crippen LogP contribution in [0.3, 0.4) is 0 Å². The molecule has 176 valence electrons. The zero-order chi connectivity index (χ0) is 23.8. The zero-order valence-electron chi connectivity index (χ0n) is 18.7. The van der Waals surface area contributed by atoms with Crippen LogP contribution in [0, 0.1) is 6.92 Å². The van der Waals surface area contributed by atoms with Gasteiger partial charge in [-0.2, -0.15) is 13.2 Å². The van der Waals surface area contributed by atoms with E-state index in [2.05, 4.69) is 5.32 Å². The monoisotopic (exact) mass is 459 g/mol. The summed E-state index contributed by atoms with van der Waals surface area (Å²) < 4.78 is 46.2. The van der Waals surface area contributed by atoms with Crippen LogP contribution in [0.25, 0.3) is 0 Å². The molecule has 3 aromatic rings. The first-order chi connectivity index (χ1) is 15.8. The van der Waals surface area contributed by atoms with Gasteiger partial charge in [0, 0.05) is 44.4 Å². The van der Waals surface area contributed by atoms with Crippen molar-refractivity contribution in [3.05, 3.63) is 89.2 Å². The van der Waals surface area contributed by atoms with Gasteiger partial charge in [0.1, 0.15) is 0 Å². The van der Waals surface area contributed by atoms with E-state index in [1.807, 2.05) is 47.9 Å². The highest BCUT2D eigenvalue weighted by Gasteiger charge is 2.30. The number of alkyl halides is 3. The van der Waals surface area contributed by atoms with Crippen molar-refractivity contribution in [3.63, 3.8) is 0 Å². The van der Waals surface area contributed by atoms with Gasteiger partial charge in [0.15, 0.2) is 0 Å². The molecule has 0 saturated heterocycles. The van der Waals surface area contributed by atoms with Gasteiger partial charge in [-0.25, -0.2) is 4.79 Å². The predicted molar refractivity (Wildman–Crippen MR) is 122 cm³/mol. The third-order valence-corrected chi connectivity index (χ3v) is 5.25. The maximum absolute atomic E-state index is 13.1. The van der Waals surface area contributed by atoms with Gasteiger partial charge in [0.2, 0.25) is 0 Å². The summed E-state index contributed by atoms with van der Waals surface area (Å²) in [6.45, 7) is 3.55. The Hall–Kier alpha value is -3.26. The summed E-state index contributed by atoms with van der Waals surface area (Å²) in [5.41, 5.74) is 2.48. The second-order valence-electron chi connectivity index (χ2n) is 7.89. The van der Waals surface area contributed by atoms with Crippen molar-refractivity contribution in [1.82, 2.24) is 9.47 Å². The minimum atomic E-state index is -4.39. The first-order valence-electron chi connectivity index (χ1n) is 10.7. The van der Waals surface area contributed by atoms with Crippen molar-refractivity contribution in [1.29, 1.82) is 0 Å². The van der Waals surface area contributed by atoms with Crippen LogP contribution >= 0.6 is 0 Å². The summed E-state index contributed by atoms with van der Waals surface area (Å²) in [6.07, 6.45) is -1.92. The Labute approximate surface area is 191 Å². The second kappa shape index (κ2) is 11.0. The molecule has 0 spiro atoms. The molecule has 3 rings (SSSR count). The lowest BCUT2D eigenvalue weighted by molar-refractivity contribution is -0.137. The highest BCUT2D eigenvalue weighted by Crippen LogP contribution is 2.29. The SMILES string of the molecule is COCCCN(Cc1cccn1Cc1cccc(C(F)(F)F)c1)C(=O)Nc1ccc(C)cc1. The molecule has 8 heteroatoms. The van der Waals surface area contributed by atoms with Crippen LogP contribution in [0.15, 0.2) is 66.9 Å². The van der Waals surface area contributed by atoms with E-state index in [9.17, 15) is 18.0 Å². The van der Waals surface area contributed by atoms with E-state index in [1.54, 1.807) is 24.3 Å². The summed E-state index contributed by atoms with van der Waals surface area (Å²) in [5.74, 6) is 0. The maximum Gasteiger partial charge on any atom is 0.416 e. The molecule has 1 aromatic heterocycles. The van der Waals surface area contributed by atoms with Crippen molar-refractivity contribution in [3.8, 4) is 0 Å². The smallest absolute Gasteiger partial charge is 0.385 e. The average Bonchev–Trinajstić information content (AvgIpc) is 3.21. The van der Waals surface area contributed by atoms with Gasteiger partial charge in [0.25, 0.3) is 0 Å². The van der Waals surface area contributed by atoms with Crippen LogP contribution in [0.2, 0.25) is 0 Å². The van der Waals surface area contributed by atoms with Gasteiger partial charge in [-0.3, -0.25) is 0 Å². The Balaban J connectivity index is 1.74. The molecule has 5 nitrogen and oxygen atoms in total. The Morgan fingerprint density at radius 1 is 1.09 bits per heavy atom. The summed E-state index contributed by atoms with van der Waals surface area (Å²) in [5, 5.41) is 2.91. The van der Waals surface area contributed by atoms with Crippen molar-refractivity contribution in [2.24, 2.45) is 0 Å². The number of methoxy groups -OCH3 is 1. The number of halogens is 3. The summed E-state index contributed by atoms with van der Waals surface area (Å²) in [7, 11) is 1.61. The molecule has 1 N–H and O–H groups in total. The normalized spacial score (nSPS) is 11.4. The van der Waals surface area contributed by atoms with Gasteiger partial charge in [-0.15, -0.1) is 0 Å². The van der Waals surface area contributed by atoms with Crippen LogP contribution in [0.5, 0.6) is 0 Å². The Kier molecular flexibility index (Phi) is 8.16. The number of carbonyl (C=O) groups excluding carboxylic acids is 1. The van der Waals surface area contributed by atoms with E-state index in [-0.39, 0.29) is 12.6 Å². The molecular weight excluding hydrogens is 431 g/mol. The van der Waals surface area contributed by atoms with Gasteiger partial charge in [-0.05, 0) is 55.3 Å². The third-order valence-electron chi connectivity index (χ3n) is 5.25. The number of amides is 2. The highest BCUT2D eigenvalue weighted by molar-refractivity contribution is 5.89. The molecule has 0 saturated carbocycles. The van der Waals surface area contributed by atoms with E-state index < -0.39 is 11.7 Å². The van der Waals surface area contributed by atoms with E-state index in [0.29, 0.717) is 37.4 Å². The number of ether oxygens (including phenoxy) is 1. The largest absolute Gasteiger partial charge is 0.416 e. The molecule has 0 fully saturated rings. The number of aryl methyl sites for hydroxylation is 1. The molecule has 0 unspecified atom stereocenters. The van der Waals surface area contributed by atoms with Crippen molar-refractivity contribution >= 4 is 11.7 Å². The molecule has 0 aliphatic heterocycles. The number of benzene rings is 2. The Bertz CT molecular complexity index is 1050. The first-order valence-corrected chi connectivity index (χ1v) is 10.7. The van der Waals surface area contributed by atoms with Gasteiger partial charge < -0.3 is 19.5 Å².